The number of hydrogen-bond donors (Lipinski definition) is 1. The Labute approximate surface area is 185 Å². The van der Waals surface area contributed by atoms with Crippen LogP contribution in [0.2, 0.25) is 0 Å². The van der Waals surface area contributed by atoms with Crippen LogP contribution in [0, 0.1) is 5.41 Å². The van der Waals surface area contributed by atoms with Crippen LogP contribution in [0.3, 0.4) is 0 Å². The van der Waals surface area contributed by atoms with Crippen LogP contribution in [0.4, 0.5) is 11.4 Å². The molecule has 1 aromatic carbocycles. The zero-order valence-electron chi connectivity index (χ0n) is 19.1. The van der Waals surface area contributed by atoms with E-state index in [0.717, 1.165) is 30.7 Å². The molecule has 0 bridgehead atoms. The van der Waals surface area contributed by atoms with Crippen molar-refractivity contribution in [2.75, 3.05) is 37.5 Å². The van der Waals surface area contributed by atoms with Gasteiger partial charge in [0.25, 0.3) is 0 Å². The monoisotopic (exact) mass is 437 g/mol. The number of nitrogens with zero attached hydrogens (tertiary/aromatic N) is 2. The Morgan fingerprint density at radius 1 is 1.30 bits per heavy atom. The Kier molecular flexibility index (Phi) is 8.56. The van der Waals surface area contributed by atoms with Crippen molar-refractivity contribution >= 4 is 34.8 Å². The standard InChI is InChI=1S/C23H36ClN3O3/c1-16(24)22(29)25-18-9-10-20(26(5)6)17(12-18)14-27(15-19-8-7-11-30-19)21(28)13-23(2,3)4/h9-10,12,16,19H,7-8,11,13-15H2,1-6H3,(H,25,29). The van der Waals surface area contributed by atoms with Gasteiger partial charge in [-0.3, -0.25) is 9.59 Å². The number of alkyl halides is 1. The number of carbonyl (C=O) groups excluding carboxylic acids is 2. The van der Waals surface area contributed by atoms with Crippen LogP contribution in [-0.4, -0.2) is 55.4 Å². The topological polar surface area (TPSA) is 61.9 Å². The first-order valence-corrected chi connectivity index (χ1v) is 11.0. The van der Waals surface area contributed by atoms with Gasteiger partial charge in [0.15, 0.2) is 0 Å². The molecule has 2 rings (SSSR count). The zero-order valence-corrected chi connectivity index (χ0v) is 19.9. The summed E-state index contributed by atoms with van der Waals surface area (Å²) in [5, 5.41) is 2.23. The number of anilines is 2. The molecule has 1 N–H and O–H groups in total. The van der Waals surface area contributed by atoms with Gasteiger partial charge in [0.1, 0.15) is 5.38 Å². The zero-order chi connectivity index (χ0) is 22.5. The van der Waals surface area contributed by atoms with Crippen LogP contribution in [-0.2, 0) is 20.9 Å². The van der Waals surface area contributed by atoms with Crippen molar-refractivity contribution in [3.8, 4) is 0 Å². The van der Waals surface area contributed by atoms with E-state index in [-0.39, 0.29) is 23.3 Å². The molecule has 6 nitrogen and oxygen atoms in total. The number of ether oxygens (including phenoxy) is 1. The lowest BCUT2D eigenvalue weighted by Crippen LogP contribution is -2.38. The van der Waals surface area contributed by atoms with E-state index < -0.39 is 5.38 Å². The lowest BCUT2D eigenvalue weighted by molar-refractivity contribution is -0.135. The molecular weight excluding hydrogens is 402 g/mol. The van der Waals surface area contributed by atoms with E-state index in [4.69, 9.17) is 16.3 Å². The van der Waals surface area contributed by atoms with Gasteiger partial charge in [-0.25, -0.2) is 0 Å². The van der Waals surface area contributed by atoms with Gasteiger partial charge in [-0.2, -0.15) is 0 Å². The Morgan fingerprint density at radius 2 is 2.00 bits per heavy atom. The molecule has 168 valence electrons. The van der Waals surface area contributed by atoms with Gasteiger partial charge in [0.2, 0.25) is 11.8 Å². The summed E-state index contributed by atoms with van der Waals surface area (Å²) in [6.45, 7) is 9.66. The molecule has 0 radical (unpaired) electrons. The highest BCUT2D eigenvalue weighted by atomic mass is 35.5. The van der Waals surface area contributed by atoms with Gasteiger partial charge < -0.3 is 19.9 Å². The molecule has 2 amide bonds. The Bertz CT molecular complexity index is 738. The average Bonchev–Trinajstić information content (AvgIpc) is 3.12. The summed E-state index contributed by atoms with van der Waals surface area (Å²) >= 11 is 5.90. The van der Waals surface area contributed by atoms with Crippen molar-refractivity contribution < 1.29 is 14.3 Å². The maximum atomic E-state index is 13.2. The molecule has 1 aromatic rings. The summed E-state index contributed by atoms with van der Waals surface area (Å²) in [6, 6.07) is 5.75. The highest BCUT2D eigenvalue weighted by molar-refractivity contribution is 6.32. The van der Waals surface area contributed by atoms with Gasteiger partial charge >= 0.3 is 0 Å². The van der Waals surface area contributed by atoms with Crippen molar-refractivity contribution in [2.45, 2.75) is 65.0 Å². The van der Waals surface area contributed by atoms with E-state index in [2.05, 4.69) is 26.1 Å². The fraction of sp³-hybridized carbons (Fsp3) is 0.652. The second-order valence-electron chi connectivity index (χ2n) is 9.49. The van der Waals surface area contributed by atoms with E-state index in [0.29, 0.717) is 25.2 Å². The quantitative estimate of drug-likeness (QED) is 0.617. The molecule has 2 unspecified atom stereocenters. The second kappa shape index (κ2) is 10.5. The van der Waals surface area contributed by atoms with E-state index in [1.54, 1.807) is 6.92 Å². The van der Waals surface area contributed by atoms with Crippen LogP contribution >= 0.6 is 11.6 Å². The third-order valence-corrected chi connectivity index (χ3v) is 5.23. The molecule has 0 saturated carbocycles. The first-order chi connectivity index (χ1) is 14.0. The fourth-order valence-corrected chi connectivity index (χ4v) is 3.58. The highest BCUT2D eigenvalue weighted by Gasteiger charge is 2.26. The summed E-state index contributed by atoms with van der Waals surface area (Å²) in [5.74, 6) is -0.133. The van der Waals surface area contributed by atoms with Gasteiger partial charge in [-0.05, 0) is 48.9 Å². The van der Waals surface area contributed by atoms with Gasteiger partial charge in [0, 0.05) is 51.6 Å². The van der Waals surface area contributed by atoms with E-state index in [1.807, 2.05) is 42.1 Å². The van der Waals surface area contributed by atoms with Crippen LogP contribution < -0.4 is 10.2 Å². The van der Waals surface area contributed by atoms with Crippen LogP contribution in [0.1, 0.15) is 52.5 Å². The minimum Gasteiger partial charge on any atom is -0.377 e. The maximum Gasteiger partial charge on any atom is 0.242 e. The number of amides is 2. The maximum absolute atomic E-state index is 13.2. The predicted molar refractivity (Wildman–Crippen MR) is 123 cm³/mol. The lowest BCUT2D eigenvalue weighted by Gasteiger charge is -2.30. The van der Waals surface area contributed by atoms with Crippen molar-refractivity contribution in [2.24, 2.45) is 5.41 Å². The fourth-order valence-electron chi connectivity index (χ4n) is 3.53. The third-order valence-electron chi connectivity index (χ3n) is 5.03. The Balaban J connectivity index is 2.30. The molecule has 1 heterocycles. The number of hydrogen-bond acceptors (Lipinski definition) is 4. The normalized spacial score (nSPS) is 17.5. The summed E-state index contributed by atoms with van der Waals surface area (Å²) in [6.07, 6.45) is 2.56. The average molecular weight is 438 g/mol. The second-order valence-corrected chi connectivity index (χ2v) is 10.1. The molecule has 0 aliphatic carbocycles. The van der Waals surface area contributed by atoms with Gasteiger partial charge in [-0.15, -0.1) is 11.6 Å². The largest absolute Gasteiger partial charge is 0.377 e. The number of nitrogens with one attached hydrogen (secondary N) is 1. The minimum absolute atomic E-state index is 0.0803. The first kappa shape index (κ1) is 24.5. The van der Waals surface area contributed by atoms with Gasteiger partial charge in [0.05, 0.1) is 6.10 Å². The van der Waals surface area contributed by atoms with E-state index in [1.165, 1.54) is 0 Å². The van der Waals surface area contributed by atoms with Crippen LogP contribution in [0.15, 0.2) is 18.2 Å². The number of halogens is 1. The SMILES string of the molecule is CC(Cl)C(=O)Nc1ccc(N(C)C)c(CN(CC2CCCO2)C(=O)CC(C)(C)C)c1. The molecule has 0 aromatic heterocycles. The summed E-state index contributed by atoms with van der Waals surface area (Å²) in [7, 11) is 3.94. The van der Waals surface area contributed by atoms with Crippen molar-refractivity contribution in [1.29, 1.82) is 0 Å². The molecule has 1 fully saturated rings. The molecule has 1 aliphatic heterocycles. The van der Waals surface area contributed by atoms with E-state index >= 15 is 0 Å². The van der Waals surface area contributed by atoms with Gasteiger partial charge in [-0.1, -0.05) is 20.8 Å². The summed E-state index contributed by atoms with van der Waals surface area (Å²) in [5.41, 5.74) is 2.56. The Morgan fingerprint density at radius 3 is 2.53 bits per heavy atom. The summed E-state index contributed by atoms with van der Waals surface area (Å²) in [4.78, 5) is 29.1. The number of carbonyl (C=O) groups is 2. The lowest BCUT2D eigenvalue weighted by atomic mass is 9.91. The smallest absolute Gasteiger partial charge is 0.242 e. The van der Waals surface area contributed by atoms with E-state index in [9.17, 15) is 9.59 Å². The molecule has 0 spiro atoms. The number of benzene rings is 1. The van der Waals surface area contributed by atoms with Crippen molar-refractivity contribution in [1.82, 2.24) is 4.90 Å². The highest BCUT2D eigenvalue weighted by Crippen LogP contribution is 2.27. The summed E-state index contributed by atoms with van der Waals surface area (Å²) < 4.78 is 5.81. The molecule has 1 aliphatic rings. The predicted octanol–water partition coefficient (Wildman–Crippen LogP) is 4.26. The van der Waals surface area contributed by atoms with Crippen molar-refractivity contribution in [3.05, 3.63) is 23.8 Å². The third kappa shape index (κ3) is 7.47. The molecule has 7 heteroatoms. The number of rotatable bonds is 8. The first-order valence-electron chi connectivity index (χ1n) is 10.6. The molecular formula is C23H36ClN3O3. The van der Waals surface area contributed by atoms with Crippen LogP contribution in [0.25, 0.3) is 0 Å². The Hall–Kier alpha value is -1.79. The molecule has 2 atom stereocenters. The minimum atomic E-state index is -0.619. The molecule has 30 heavy (non-hydrogen) atoms. The molecule has 1 saturated heterocycles. The van der Waals surface area contributed by atoms with Crippen molar-refractivity contribution in [3.63, 3.8) is 0 Å². The van der Waals surface area contributed by atoms with Crippen LogP contribution in [0.5, 0.6) is 0 Å².